The molecular formula is C16H15NO3. The van der Waals surface area contributed by atoms with E-state index in [1.54, 1.807) is 24.3 Å². The average Bonchev–Trinajstić information content (AvgIpc) is 2.47. The third-order valence-corrected chi connectivity index (χ3v) is 2.68. The quantitative estimate of drug-likeness (QED) is 0.849. The van der Waals surface area contributed by atoms with E-state index < -0.39 is 11.7 Å². The van der Waals surface area contributed by atoms with Crippen LogP contribution in [0.5, 0.6) is 5.75 Å². The maximum Gasteiger partial charge on any atom is 0.291 e. The maximum absolute atomic E-state index is 11.2. The fourth-order valence-corrected chi connectivity index (χ4v) is 1.59. The standard InChI is InChI=1S/C16H15NO3/c1-12(18)16(19)17-14-7-9-15(10-8-14)20-11-13-5-3-2-4-6-13/h2-10H,11H2,1H3,(H,17,19). The molecule has 4 nitrogen and oxygen atoms in total. The third-order valence-electron chi connectivity index (χ3n) is 2.68. The van der Waals surface area contributed by atoms with Gasteiger partial charge in [-0.25, -0.2) is 0 Å². The van der Waals surface area contributed by atoms with E-state index in [0.29, 0.717) is 18.0 Å². The monoisotopic (exact) mass is 269 g/mol. The molecule has 0 aliphatic carbocycles. The molecule has 0 saturated heterocycles. The summed E-state index contributed by atoms with van der Waals surface area (Å²) in [5.41, 5.74) is 1.65. The van der Waals surface area contributed by atoms with Crippen LogP contribution >= 0.6 is 0 Å². The molecule has 20 heavy (non-hydrogen) atoms. The molecule has 2 aromatic carbocycles. The fourth-order valence-electron chi connectivity index (χ4n) is 1.59. The van der Waals surface area contributed by atoms with Crippen molar-refractivity contribution >= 4 is 17.4 Å². The topological polar surface area (TPSA) is 55.4 Å². The van der Waals surface area contributed by atoms with Crippen molar-refractivity contribution in [3.63, 3.8) is 0 Å². The first-order valence-corrected chi connectivity index (χ1v) is 6.24. The number of anilines is 1. The minimum atomic E-state index is -0.622. The second-order valence-electron chi connectivity index (χ2n) is 4.31. The number of benzene rings is 2. The van der Waals surface area contributed by atoms with Crippen LogP contribution in [0.25, 0.3) is 0 Å². The molecule has 0 atom stereocenters. The Kier molecular flexibility index (Phi) is 4.50. The lowest BCUT2D eigenvalue weighted by Gasteiger charge is -2.07. The van der Waals surface area contributed by atoms with Crippen LogP contribution in [0.2, 0.25) is 0 Å². The van der Waals surface area contributed by atoms with Gasteiger partial charge in [-0.1, -0.05) is 30.3 Å². The molecule has 4 heteroatoms. The minimum Gasteiger partial charge on any atom is -0.489 e. The van der Waals surface area contributed by atoms with Crippen LogP contribution in [-0.4, -0.2) is 11.7 Å². The van der Waals surface area contributed by atoms with Crippen LogP contribution in [0.3, 0.4) is 0 Å². The van der Waals surface area contributed by atoms with Crippen LogP contribution in [-0.2, 0) is 16.2 Å². The van der Waals surface area contributed by atoms with Gasteiger partial charge in [-0.05, 0) is 29.8 Å². The molecule has 0 saturated carbocycles. The molecule has 2 rings (SSSR count). The molecule has 2 aromatic rings. The zero-order valence-corrected chi connectivity index (χ0v) is 11.1. The van der Waals surface area contributed by atoms with Gasteiger partial charge in [-0.15, -0.1) is 0 Å². The highest BCUT2D eigenvalue weighted by Gasteiger charge is 2.07. The first-order valence-electron chi connectivity index (χ1n) is 6.24. The van der Waals surface area contributed by atoms with Crippen molar-refractivity contribution in [1.82, 2.24) is 0 Å². The van der Waals surface area contributed by atoms with Gasteiger partial charge in [-0.3, -0.25) is 9.59 Å². The van der Waals surface area contributed by atoms with Crippen LogP contribution in [0.1, 0.15) is 12.5 Å². The molecule has 0 aliphatic heterocycles. The Morgan fingerprint density at radius 3 is 2.25 bits per heavy atom. The van der Waals surface area contributed by atoms with Gasteiger partial charge in [-0.2, -0.15) is 0 Å². The average molecular weight is 269 g/mol. The SMILES string of the molecule is CC(=O)C(=O)Nc1ccc(OCc2ccccc2)cc1. The number of carbonyl (C=O) groups is 2. The van der Waals surface area contributed by atoms with Crippen molar-refractivity contribution in [3.05, 3.63) is 60.2 Å². The Morgan fingerprint density at radius 2 is 1.65 bits per heavy atom. The number of ketones is 1. The first kappa shape index (κ1) is 13.8. The molecule has 1 amide bonds. The highest BCUT2D eigenvalue weighted by atomic mass is 16.5. The molecule has 0 radical (unpaired) electrons. The van der Waals surface area contributed by atoms with Crippen LogP contribution in [0, 0.1) is 0 Å². The van der Waals surface area contributed by atoms with E-state index in [9.17, 15) is 9.59 Å². The summed E-state index contributed by atoms with van der Waals surface area (Å²) in [6, 6.07) is 16.7. The maximum atomic E-state index is 11.2. The smallest absolute Gasteiger partial charge is 0.291 e. The fraction of sp³-hybridized carbons (Fsp3) is 0.125. The lowest BCUT2D eigenvalue weighted by molar-refractivity contribution is -0.133. The number of hydrogen-bond donors (Lipinski definition) is 1. The Bertz CT molecular complexity index is 591. The lowest BCUT2D eigenvalue weighted by atomic mass is 10.2. The number of hydrogen-bond acceptors (Lipinski definition) is 3. The van der Waals surface area contributed by atoms with Crippen LogP contribution in [0.4, 0.5) is 5.69 Å². The second kappa shape index (κ2) is 6.52. The Morgan fingerprint density at radius 1 is 1.00 bits per heavy atom. The molecule has 0 heterocycles. The summed E-state index contributed by atoms with van der Waals surface area (Å²) in [6.07, 6.45) is 0. The zero-order valence-electron chi connectivity index (χ0n) is 11.1. The number of amides is 1. The Labute approximate surface area is 117 Å². The summed E-state index contributed by atoms with van der Waals surface area (Å²) in [7, 11) is 0. The van der Waals surface area contributed by atoms with Gasteiger partial charge in [0.1, 0.15) is 12.4 Å². The summed E-state index contributed by atoms with van der Waals surface area (Å²) in [4.78, 5) is 22.1. The second-order valence-corrected chi connectivity index (χ2v) is 4.31. The summed E-state index contributed by atoms with van der Waals surface area (Å²) < 4.78 is 5.62. The Balaban J connectivity index is 1.91. The predicted molar refractivity (Wildman–Crippen MR) is 76.5 cm³/mol. The van der Waals surface area contributed by atoms with Crippen molar-refractivity contribution in [3.8, 4) is 5.75 Å². The molecule has 0 spiro atoms. The lowest BCUT2D eigenvalue weighted by Crippen LogP contribution is -2.19. The largest absolute Gasteiger partial charge is 0.489 e. The summed E-state index contributed by atoms with van der Waals surface area (Å²) in [6.45, 7) is 1.71. The van der Waals surface area contributed by atoms with Gasteiger partial charge < -0.3 is 10.1 Å². The predicted octanol–water partition coefficient (Wildman–Crippen LogP) is 2.79. The van der Waals surface area contributed by atoms with Gasteiger partial charge in [0.15, 0.2) is 0 Å². The summed E-state index contributed by atoms with van der Waals surface area (Å²) >= 11 is 0. The number of rotatable bonds is 5. The van der Waals surface area contributed by atoms with E-state index in [1.165, 1.54) is 6.92 Å². The van der Waals surface area contributed by atoms with Crippen molar-refractivity contribution in [1.29, 1.82) is 0 Å². The third kappa shape index (κ3) is 3.95. The van der Waals surface area contributed by atoms with E-state index in [-0.39, 0.29) is 0 Å². The number of Topliss-reactive ketones (excluding diaryl/α,β-unsaturated/α-hetero) is 1. The van der Waals surface area contributed by atoms with E-state index in [1.807, 2.05) is 30.3 Å². The normalized spacial score (nSPS) is 9.85. The van der Waals surface area contributed by atoms with E-state index in [4.69, 9.17) is 4.74 Å². The van der Waals surface area contributed by atoms with Gasteiger partial charge in [0.25, 0.3) is 5.91 Å². The molecule has 0 aromatic heterocycles. The van der Waals surface area contributed by atoms with Crippen molar-refractivity contribution < 1.29 is 14.3 Å². The molecule has 1 N–H and O–H groups in total. The van der Waals surface area contributed by atoms with Crippen molar-refractivity contribution in [2.75, 3.05) is 5.32 Å². The molecule has 102 valence electrons. The number of ether oxygens (including phenoxy) is 1. The number of nitrogens with one attached hydrogen (secondary N) is 1. The van der Waals surface area contributed by atoms with E-state index in [2.05, 4.69) is 5.32 Å². The van der Waals surface area contributed by atoms with Crippen molar-refractivity contribution in [2.45, 2.75) is 13.5 Å². The van der Waals surface area contributed by atoms with Gasteiger partial charge >= 0.3 is 0 Å². The molecule has 0 unspecified atom stereocenters. The summed E-state index contributed by atoms with van der Waals surface area (Å²) in [5.74, 6) is -0.438. The van der Waals surface area contributed by atoms with Crippen LogP contribution < -0.4 is 10.1 Å². The first-order chi connectivity index (χ1) is 9.65. The number of carbonyl (C=O) groups excluding carboxylic acids is 2. The van der Waals surface area contributed by atoms with Crippen molar-refractivity contribution in [2.24, 2.45) is 0 Å². The van der Waals surface area contributed by atoms with Gasteiger partial charge in [0.2, 0.25) is 5.78 Å². The Hall–Kier alpha value is -2.62. The summed E-state index contributed by atoms with van der Waals surface area (Å²) in [5, 5.41) is 2.50. The molecule has 0 aliphatic rings. The molecular weight excluding hydrogens is 254 g/mol. The molecule has 0 bridgehead atoms. The van der Waals surface area contributed by atoms with E-state index >= 15 is 0 Å². The zero-order chi connectivity index (χ0) is 14.4. The minimum absolute atomic E-state index is 0.486. The molecule has 0 fully saturated rings. The van der Waals surface area contributed by atoms with Crippen LogP contribution in [0.15, 0.2) is 54.6 Å². The highest BCUT2D eigenvalue weighted by Crippen LogP contribution is 2.17. The van der Waals surface area contributed by atoms with Gasteiger partial charge in [0.05, 0.1) is 0 Å². The van der Waals surface area contributed by atoms with Gasteiger partial charge in [0, 0.05) is 12.6 Å². The highest BCUT2D eigenvalue weighted by molar-refractivity contribution is 6.39. The van der Waals surface area contributed by atoms with E-state index in [0.717, 1.165) is 5.56 Å².